The second-order valence-electron chi connectivity index (χ2n) is 4.53. The van der Waals surface area contributed by atoms with Crippen molar-refractivity contribution in [1.82, 2.24) is 4.90 Å². The van der Waals surface area contributed by atoms with Gasteiger partial charge in [0.15, 0.2) is 0 Å². The van der Waals surface area contributed by atoms with E-state index in [2.05, 4.69) is 4.90 Å². The number of esters is 1. The molecule has 1 heterocycles. The van der Waals surface area contributed by atoms with E-state index in [1.807, 2.05) is 37.4 Å². The number of methoxy groups -OCH3 is 1. The van der Waals surface area contributed by atoms with Crippen LogP contribution in [0.25, 0.3) is 0 Å². The maximum atomic E-state index is 11.7. The molecule has 1 aromatic heterocycles. The Bertz CT molecular complexity index is 597. The molecule has 0 fully saturated rings. The van der Waals surface area contributed by atoms with Crippen molar-refractivity contribution in [1.29, 1.82) is 0 Å². The lowest BCUT2D eigenvalue weighted by Crippen LogP contribution is -2.18. The summed E-state index contributed by atoms with van der Waals surface area (Å²) in [5, 5.41) is 0. The fourth-order valence-corrected chi connectivity index (χ4v) is 3.18. The smallest absolute Gasteiger partial charge is 0.338 e. The fourth-order valence-electron chi connectivity index (χ4n) is 2.02. The van der Waals surface area contributed by atoms with Gasteiger partial charge in [-0.15, -0.1) is 11.3 Å². The van der Waals surface area contributed by atoms with Gasteiger partial charge in [-0.2, -0.15) is 0 Å². The summed E-state index contributed by atoms with van der Waals surface area (Å²) >= 11 is 7.50. The molecule has 2 rings (SSSR count). The van der Waals surface area contributed by atoms with Gasteiger partial charge in [-0.05, 0) is 30.8 Å². The van der Waals surface area contributed by atoms with Gasteiger partial charge in [-0.3, -0.25) is 4.90 Å². The number of hydrogen-bond acceptors (Lipinski definition) is 4. The predicted octanol–water partition coefficient (Wildman–Crippen LogP) is 3.82. The number of nitrogens with zero attached hydrogens (tertiary/aromatic N) is 1. The first-order valence-corrected chi connectivity index (χ1v) is 7.38. The molecule has 0 spiro atoms. The van der Waals surface area contributed by atoms with Crippen LogP contribution in [-0.2, 0) is 17.8 Å². The minimum atomic E-state index is -0.298. The summed E-state index contributed by atoms with van der Waals surface area (Å²) in [5.74, 6) is -0.298. The van der Waals surface area contributed by atoms with Crippen LogP contribution in [0.2, 0.25) is 4.34 Å². The van der Waals surface area contributed by atoms with Crippen LogP contribution in [0.4, 0.5) is 0 Å². The lowest BCUT2D eigenvalue weighted by atomic mass is 10.1. The van der Waals surface area contributed by atoms with Gasteiger partial charge in [-0.25, -0.2) is 4.79 Å². The Balaban J connectivity index is 2.07. The molecular formula is C15H16ClNO2S. The second kappa shape index (κ2) is 6.88. The predicted molar refractivity (Wildman–Crippen MR) is 82.3 cm³/mol. The van der Waals surface area contributed by atoms with Gasteiger partial charge in [0.05, 0.1) is 17.0 Å². The normalized spacial score (nSPS) is 10.8. The lowest BCUT2D eigenvalue weighted by Gasteiger charge is -2.17. The van der Waals surface area contributed by atoms with E-state index >= 15 is 0 Å². The first kappa shape index (κ1) is 15.0. The third-order valence-electron chi connectivity index (χ3n) is 2.92. The van der Waals surface area contributed by atoms with Crippen molar-refractivity contribution < 1.29 is 9.53 Å². The summed E-state index contributed by atoms with van der Waals surface area (Å²) in [7, 11) is 3.41. The Labute approximate surface area is 127 Å². The van der Waals surface area contributed by atoms with Crippen molar-refractivity contribution in [2.45, 2.75) is 13.1 Å². The highest BCUT2D eigenvalue weighted by Crippen LogP contribution is 2.23. The number of rotatable bonds is 5. The number of hydrogen-bond donors (Lipinski definition) is 0. The van der Waals surface area contributed by atoms with Gasteiger partial charge < -0.3 is 4.74 Å². The molecule has 3 nitrogen and oxygen atoms in total. The van der Waals surface area contributed by atoms with Gasteiger partial charge >= 0.3 is 5.97 Å². The van der Waals surface area contributed by atoms with Crippen molar-refractivity contribution in [3.05, 3.63) is 56.7 Å². The first-order chi connectivity index (χ1) is 9.60. The molecule has 0 saturated heterocycles. The van der Waals surface area contributed by atoms with Crippen molar-refractivity contribution in [2.24, 2.45) is 0 Å². The monoisotopic (exact) mass is 309 g/mol. The summed E-state index contributed by atoms with van der Waals surface area (Å²) in [6, 6.07) is 11.4. The molecule has 2 aromatic rings. The van der Waals surface area contributed by atoms with E-state index in [1.165, 1.54) is 12.0 Å². The Hall–Kier alpha value is -1.36. The highest BCUT2D eigenvalue weighted by molar-refractivity contribution is 7.16. The fraction of sp³-hybridized carbons (Fsp3) is 0.267. The maximum Gasteiger partial charge on any atom is 0.338 e. The van der Waals surface area contributed by atoms with Crippen LogP contribution in [-0.4, -0.2) is 25.0 Å². The Morgan fingerprint density at radius 2 is 2.00 bits per heavy atom. The van der Waals surface area contributed by atoms with E-state index < -0.39 is 0 Å². The molecule has 0 atom stereocenters. The summed E-state index contributed by atoms with van der Waals surface area (Å²) < 4.78 is 5.60. The van der Waals surface area contributed by atoms with E-state index in [4.69, 9.17) is 16.3 Å². The first-order valence-electron chi connectivity index (χ1n) is 6.19. The van der Waals surface area contributed by atoms with E-state index in [1.54, 1.807) is 17.4 Å². The zero-order chi connectivity index (χ0) is 14.5. The summed E-state index contributed by atoms with van der Waals surface area (Å²) in [4.78, 5) is 15.1. The molecule has 1 aromatic carbocycles. The van der Waals surface area contributed by atoms with Crippen molar-refractivity contribution in [3.63, 3.8) is 0 Å². The highest BCUT2D eigenvalue weighted by atomic mass is 35.5. The van der Waals surface area contributed by atoms with Gasteiger partial charge in [0.25, 0.3) is 0 Å². The maximum absolute atomic E-state index is 11.7. The summed E-state index contributed by atoms with van der Waals surface area (Å²) in [5.41, 5.74) is 1.58. The van der Waals surface area contributed by atoms with Crippen LogP contribution < -0.4 is 0 Å². The molecule has 0 aliphatic carbocycles. The minimum Gasteiger partial charge on any atom is -0.465 e. The lowest BCUT2D eigenvalue weighted by molar-refractivity contribution is 0.0598. The second-order valence-corrected chi connectivity index (χ2v) is 6.33. The summed E-state index contributed by atoms with van der Waals surface area (Å²) in [6.45, 7) is 1.48. The van der Waals surface area contributed by atoms with Crippen LogP contribution >= 0.6 is 22.9 Å². The van der Waals surface area contributed by atoms with E-state index in [9.17, 15) is 4.79 Å². The topological polar surface area (TPSA) is 29.5 Å². The van der Waals surface area contributed by atoms with Crippen LogP contribution in [0.3, 0.4) is 0 Å². The third-order valence-corrected chi connectivity index (χ3v) is 4.13. The SMILES string of the molecule is COC(=O)c1ccccc1CN(C)Cc1ccc(Cl)s1. The van der Waals surface area contributed by atoms with E-state index in [0.717, 1.165) is 16.4 Å². The van der Waals surface area contributed by atoms with Gasteiger partial charge in [-0.1, -0.05) is 29.8 Å². The van der Waals surface area contributed by atoms with Crippen LogP contribution in [0, 0.1) is 0 Å². The number of carbonyl (C=O) groups is 1. The number of halogens is 1. The zero-order valence-electron chi connectivity index (χ0n) is 11.4. The molecule has 20 heavy (non-hydrogen) atoms. The van der Waals surface area contributed by atoms with Crippen molar-refractivity contribution in [3.8, 4) is 0 Å². The number of benzene rings is 1. The number of ether oxygens (including phenoxy) is 1. The number of carbonyl (C=O) groups excluding carboxylic acids is 1. The van der Waals surface area contributed by atoms with Crippen molar-refractivity contribution >= 4 is 28.9 Å². The zero-order valence-corrected chi connectivity index (χ0v) is 13.0. The van der Waals surface area contributed by atoms with Gasteiger partial charge in [0.1, 0.15) is 0 Å². The summed E-state index contributed by atoms with van der Waals surface area (Å²) in [6.07, 6.45) is 0. The molecule has 0 N–H and O–H groups in total. The van der Waals surface area contributed by atoms with E-state index in [-0.39, 0.29) is 5.97 Å². The quantitative estimate of drug-likeness (QED) is 0.786. The average Bonchev–Trinajstić information content (AvgIpc) is 2.83. The van der Waals surface area contributed by atoms with Crippen LogP contribution in [0.5, 0.6) is 0 Å². The molecule has 106 valence electrons. The molecule has 5 heteroatoms. The van der Waals surface area contributed by atoms with Gasteiger partial charge in [0, 0.05) is 18.0 Å². The standard InChI is InChI=1S/C15H16ClNO2S/c1-17(10-12-7-8-14(16)20-12)9-11-5-3-4-6-13(11)15(18)19-2/h3-8H,9-10H2,1-2H3. The molecule has 0 aliphatic heterocycles. The molecule has 0 unspecified atom stereocenters. The highest BCUT2D eigenvalue weighted by Gasteiger charge is 2.12. The Kier molecular flexibility index (Phi) is 5.17. The molecule has 0 bridgehead atoms. The largest absolute Gasteiger partial charge is 0.465 e. The average molecular weight is 310 g/mol. The molecular weight excluding hydrogens is 294 g/mol. The van der Waals surface area contributed by atoms with Crippen LogP contribution in [0.15, 0.2) is 36.4 Å². The van der Waals surface area contributed by atoms with Crippen LogP contribution in [0.1, 0.15) is 20.8 Å². The molecule has 0 saturated carbocycles. The Morgan fingerprint density at radius 3 is 2.65 bits per heavy atom. The minimum absolute atomic E-state index is 0.298. The van der Waals surface area contributed by atoms with Gasteiger partial charge in [0.2, 0.25) is 0 Å². The third kappa shape index (κ3) is 3.82. The molecule has 0 aliphatic rings. The van der Waals surface area contributed by atoms with Crippen molar-refractivity contribution in [2.75, 3.05) is 14.2 Å². The Morgan fingerprint density at radius 1 is 1.25 bits per heavy atom. The number of thiophene rings is 1. The molecule has 0 radical (unpaired) electrons. The molecule has 0 amide bonds. The van der Waals surface area contributed by atoms with E-state index in [0.29, 0.717) is 12.1 Å².